The zero-order valence-electron chi connectivity index (χ0n) is 9.18. The molecule has 0 saturated heterocycles. The largest absolute Gasteiger partial charge is 0.281 e. The zero-order chi connectivity index (χ0) is 11.0. The Morgan fingerprint density at radius 2 is 1.93 bits per heavy atom. The molecule has 14 heavy (non-hydrogen) atoms. The van der Waals surface area contributed by atoms with Crippen LogP contribution in [-0.4, -0.2) is 12.2 Å². The van der Waals surface area contributed by atoms with Crippen molar-refractivity contribution in [2.24, 2.45) is 4.99 Å². The lowest BCUT2D eigenvalue weighted by molar-refractivity contribution is 1.05. The van der Waals surface area contributed by atoms with Crippen molar-refractivity contribution in [3.05, 3.63) is 36.0 Å². The zero-order valence-corrected chi connectivity index (χ0v) is 9.93. The van der Waals surface area contributed by atoms with Gasteiger partial charge in [-0.05, 0) is 25.8 Å². The van der Waals surface area contributed by atoms with Crippen molar-refractivity contribution in [3.63, 3.8) is 0 Å². The molecule has 0 aromatic heterocycles. The van der Waals surface area contributed by atoms with E-state index in [0.29, 0.717) is 5.17 Å². The highest BCUT2D eigenvalue weighted by atomic mass is 35.5. The van der Waals surface area contributed by atoms with Crippen molar-refractivity contribution in [2.45, 2.75) is 26.7 Å². The summed E-state index contributed by atoms with van der Waals surface area (Å²) in [5.74, 6) is 0. The van der Waals surface area contributed by atoms with Crippen LogP contribution in [0.25, 0.3) is 0 Å². The second-order valence-electron chi connectivity index (χ2n) is 3.29. The maximum absolute atomic E-state index is 5.80. The van der Waals surface area contributed by atoms with Gasteiger partial charge in [-0.15, -0.1) is 0 Å². The van der Waals surface area contributed by atoms with Gasteiger partial charge in [-0.2, -0.15) is 0 Å². The van der Waals surface area contributed by atoms with Gasteiger partial charge in [0.15, 0.2) is 0 Å². The standard InChI is InChI=1S/C12H18ClN/c1-5-11(7-6-10(2)3)8-9-12(13)14-4/h5-7H,1,8-9H2,2-4H3/b11-7+,14-12?. The minimum Gasteiger partial charge on any atom is -0.281 e. The Labute approximate surface area is 91.9 Å². The van der Waals surface area contributed by atoms with Gasteiger partial charge >= 0.3 is 0 Å². The number of nitrogens with zero attached hydrogens (tertiary/aromatic N) is 1. The molecule has 1 nitrogen and oxygen atoms in total. The van der Waals surface area contributed by atoms with Crippen molar-refractivity contribution in [2.75, 3.05) is 7.05 Å². The van der Waals surface area contributed by atoms with Gasteiger partial charge in [0.25, 0.3) is 0 Å². The highest BCUT2D eigenvalue weighted by molar-refractivity contribution is 6.65. The first-order chi connectivity index (χ1) is 6.60. The van der Waals surface area contributed by atoms with E-state index in [9.17, 15) is 0 Å². The van der Waals surface area contributed by atoms with Crippen LogP contribution >= 0.6 is 11.6 Å². The average Bonchev–Trinajstić information content (AvgIpc) is 2.17. The van der Waals surface area contributed by atoms with Crippen LogP contribution in [-0.2, 0) is 0 Å². The van der Waals surface area contributed by atoms with E-state index in [0.717, 1.165) is 12.8 Å². The third-order valence-electron chi connectivity index (χ3n) is 1.76. The maximum Gasteiger partial charge on any atom is 0.100 e. The van der Waals surface area contributed by atoms with Crippen LogP contribution in [0, 0.1) is 0 Å². The van der Waals surface area contributed by atoms with Gasteiger partial charge in [-0.25, -0.2) is 0 Å². The molecule has 0 aliphatic heterocycles. The third-order valence-corrected chi connectivity index (χ3v) is 2.11. The highest BCUT2D eigenvalue weighted by Gasteiger charge is 1.95. The highest BCUT2D eigenvalue weighted by Crippen LogP contribution is 2.09. The Bertz CT molecular complexity index is 268. The summed E-state index contributed by atoms with van der Waals surface area (Å²) in [5, 5.41) is 0.662. The molecule has 0 amide bonds. The maximum atomic E-state index is 5.80. The van der Waals surface area contributed by atoms with Crippen LogP contribution in [0.1, 0.15) is 26.7 Å². The van der Waals surface area contributed by atoms with E-state index in [-0.39, 0.29) is 0 Å². The van der Waals surface area contributed by atoms with E-state index in [1.54, 1.807) is 7.05 Å². The summed E-state index contributed by atoms with van der Waals surface area (Å²) in [5.41, 5.74) is 2.47. The topological polar surface area (TPSA) is 12.4 Å². The molecule has 0 spiro atoms. The first-order valence-electron chi connectivity index (χ1n) is 4.67. The van der Waals surface area contributed by atoms with E-state index in [1.165, 1.54) is 11.1 Å². The summed E-state index contributed by atoms with van der Waals surface area (Å²) in [6.45, 7) is 7.90. The van der Waals surface area contributed by atoms with Crippen molar-refractivity contribution in [1.82, 2.24) is 0 Å². The van der Waals surface area contributed by atoms with Crippen molar-refractivity contribution in [1.29, 1.82) is 0 Å². The molecule has 0 unspecified atom stereocenters. The van der Waals surface area contributed by atoms with Gasteiger partial charge in [0, 0.05) is 13.5 Å². The molecule has 0 aromatic carbocycles. The smallest absolute Gasteiger partial charge is 0.100 e. The van der Waals surface area contributed by atoms with Crippen LogP contribution in [0.3, 0.4) is 0 Å². The number of rotatable bonds is 5. The third kappa shape index (κ3) is 6.67. The van der Waals surface area contributed by atoms with Crippen molar-refractivity contribution >= 4 is 16.8 Å². The predicted molar refractivity (Wildman–Crippen MR) is 66.2 cm³/mol. The van der Waals surface area contributed by atoms with Gasteiger partial charge in [0.1, 0.15) is 5.17 Å². The van der Waals surface area contributed by atoms with E-state index in [2.05, 4.69) is 37.6 Å². The molecular formula is C12H18ClN. The first-order valence-corrected chi connectivity index (χ1v) is 5.05. The quantitative estimate of drug-likeness (QED) is 0.479. The molecule has 0 bridgehead atoms. The SMILES string of the molecule is C=C/C(=C\C=C(C)C)CCC(Cl)=NC. The van der Waals surface area contributed by atoms with Gasteiger partial charge in [0.05, 0.1) is 0 Å². The lowest BCUT2D eigenvalue weighted by Crippen LogP contribution is -1.88. The fourth-order valence-corrected chi connectivity index (χ4v) is 0.981. The molecule has 0 heterocycles. The fourth-order valence-electron chi connectivity index (χ4n) is 0.886. The van der Waals surface area contributed by atoms with Crippen LogP contribution in [0.15, 0.2) is 40.9 Å². The second kappa shape index (κ2) is 7.57. The Balaban J connectivity index is 4.24. The molecule has 0 radical (unpaired) electrons. The number of halogens is 1. The number of allylic oxidation sites excluding steroid dienone is 5. The van der Waals surface area contributed by atoms with Gasteiger partial charge < -0.3 is 0 Å². The Hall–Kier alpha value is -0.820. The molecule has 78 valence electrons. The van der Waals surface area contributed by atoms with Gasteiger partial charge in [-0.3, -0.25) is 4.99 Å². The number of aliphatic imine (C=N–C) groups is 1. The lowest BCUT2D eigenvalue weighted by Gasteiger charge is -1.99. The minimum absolute atomic E-state index is 0.662. The van der Waals surface area contributed by atoms with E-state index in [1.807, 2.05) is 6.08 Å². The Morgan fingerprint density at radius 3 is 2.36 bits per heavy atom. The Morgan fingerprint density at radius 1 is 1.29 bits per heavy atom. The summed E-state index contributed by atoms with van der Waals surface area (Å²) < 4.78 is 0. The molecule has 0 aliphatic rings. The van der Waals surface area contributed by atoms with Crippen LogP contribution < -0.4 is 0 Å². The summed E-state index contributed by atoms with van der Waals surface area (Å²) >= 11 is 5.80. The van der Waals surface area contributed by atoms with E-state index >= 15 is 0 Å². The number of hydrogen-bond donors (Lipinski definition) is 0. The molecule has 0 aromatic rings. The molecule has 0 aliphatic carbocycles. The predicted octanol–water partition coefficient (Wildman–Crippen LogP) is 4.11. The van der Waals surface area contributed by atoms with Crippen molar-refractivity contribution < 1.29 is 0 Å². The molecule has 0 atom stereocenters. The molecular weight excluding hydrogens is 194 g/mol. The van der Waals surface area contributed by atoms with E-state index < -0.39 is 0 Å². The normalized spacial score (nSPS) is 12.6. The summed E-state index contributed by atoms with van der Waals surface area (Å²) in [7, 11) is 1.70. The second-order valence-corrected chi connectivity index (χ2v) is 3.73. The molecule has 0 fully saturated rings. The monoisotopic (exact) mass is 211 g/mol. The summed E-state index contributed by atoms with van der Waals surface area (Å²) in [6, 6.07) is 0. The molecule has 2 heteroatoms. The van der Waals surface area contributed by atoms with Crippen LogP contribution in [0.5, 0.6) is 0 Å². The molecule has 0 saturated carbocycles. The fraction of sp³-hybridized carbons (Fsp3) is 0.417. The van der Waals surface area contributed by atoms with Crippen LogP contribution in [0.2, 0.25) is 0 Å². The minimum atomic E-state index is 0.662. The van der Waals surface area contributed by atoms with Crippen molar-refractivity contribution in [3.8, 4) is 0 Å². The lowest BCUT2D eigenvalue weighted by atomic mass is 10.1. The first kappa shape index (κ1) is 13.2. The van der Waals surface area contributed by atoms with Gasteiger partial charge in [-0.1, -0.05) is 42.0 Å². The number of hydrogen-bond acceptors (Lipinski definition) is 1. The summed E-state index contributed by atoms with van der Waals surface area (Å²) in [6.07, 6.45) is 7.69. The summed E-state index contributed by atoms with van der Waals surface area (Å²) in [4.78, 5) is 3.90. The van der Waals surface area contributed by atoms with Crippen LogP contribution in [0.4, 0.5) is 0 Å². The molecule has 0 N–H and O–H groups in total. The Kier molecular flexibility index (Phi) is 7.13. The van der Waals surface area contributed by atoms with E-state index in [4.69, 9.17) is 11.6 Å². The average molecular weight is 212 g/mol. The molecule has 0 rings (SSSR count). The van der Waals surface area contributed by atoms with Gasteiger partial charge in [0.2, 0.25) is 0 Å².